The van der Waals surface area contributed by atoms with Crippen molar-refractivity contribution in [2.75, 3.05) is 13.7 Å². The normalized spacial score (nSPS) is 16.9. The summed E-state index contributed by atoms with van der Waals surface area (Å²) in [7, 11) is 1.66. The van der Waals surface area contributed by atoms with E-state index in [1.54, 1.807) is 18.6 Å². The van der Waals surface area contributed by atoms with Crippen molar-refractivity contribution >= 4 is 29.3 Å². The highest BCUT2D eigenvalue weighted by Crippen LogP contribution is 2.34. The number of thiophene rings is 1. The third kappa shape index (κ3) is 3.26. The Balaban J connectivity index is 1.99. The number of ether oxygens (including phenoxy) is 1. The summed E-state index contributed by atoms with van der Waals surface area (Å²) in [5, 5.41) is 13.3. The summed E-state index contributed by atoms with van der Waals surface area (Å²) in [6.45, 7) is 0.488. The zero-order valence-corrected chi connectivity index (χ0v) is 12.0. The Morgan fingerprint density at radius 1 is 1.55 bits per heavy atom. The Morgan fingerprint density at radius 2 is 2.30 bits per heavy atom. The van der Waals surface area contributed by atoms with Gasteiger partial charge in [0.1, 0.15) is 0 Å². The molecule has 2 N–H and O–H groups in total. The van der Waals surface area contributed by atoms with Gasteiger partial charge in [0.25, 0.3) is 5.91 Å². The molecule has 108 valence electrons. The highest BCUT2D eigenvalue weighted by molar-refractivity contribution is 7.12. The van der Waals surface area contributed by atoms with Gasteiger partial charge in [-0.2, -0.15) is 0 Å². The number of methoxy groups -OCH3 is 1. The quantitative estimate of drug-likeness (QED) is 0.788. The largest absolute Gasteiger partial charge is 0.478 e. The minimum absolute atomic E-state index is 0.187. The van der Waals surface area contributed by atoms with Crippen LogP contribution in [0.5, 0.6) is 0 Å². The lowest BCUT2D eigenvalue weighted by molar-refractivity contribution is -0.131. The number of carboxylic acid groups (broad SMARTS) is 1. The van der Waals surface area contributed by atoms with Gasteiger partial charge in [0.05, 0.1) is 10.5 Å². The predicted molar refractivity (Wildman–Crippen MR) is 76.9 cm³/mol. The van der Waals surface area contributed by atoms with Crippen molar-refractivity contribution in [1.29, 1.82) is 0 Å². The first kappa shape index (κ1) is 14.7. The van der Waals surface area contributed by atoms with Gasteiger partial charge in [-0.3, -0.25) is 4.79 Å². The summed E-state index contributed by atoms with van der Waals surface area (Å²) in [6, 6.07) is 1.73. The predicted octanol–water partition coefficient (Wildman–Crippen LogP) is 2.14. The third-order valence-electron chi connectivity index (χ3n) is 3.58. The maximum atomic E-state index is 12.1. The molecular weight excluding hydrogens is 278 g/mol. The second-order valence-electron chi connectivity index (χ2n) is 4.80. The summed E-state index contributed by atoms with van der Waals surface area (Å²) >= 11 is 1.30. The Morgan fingerprint density at radius 3 is 2.85 bits per heavy atom. The van der Waals surface area contributed by atoms with E-state index in [9.17, 15) is 9.59 Å². The van der Waals surface area contributed by atoms with Crippen LogP contribution in [0, 0.1) is 0 Å². The van der Waals surface area contributed by atoms with E-state index in [0.29, 0.717) is 17.0 Å². The number of rotatable bonds is 6. The average molecular weight is 295 g/mol. The van der Waals surface area contributed by atoms with Crippen LogP contribution in [0.2, 0.25) is 0 Å². The lowest BCUT2D eigenvalue weighted by Gasteiger charge is -2.40. The number of carboxylic acids is 1. The van der Waals surface area contributed by atoms with Crippen molar-refractivity contribution in [1.82, 2.24) is 5.32 Å². The molecule has 0 spiro atoms. The Kier molecular flexibility index (Phi) is 4.57. The van der Waals surface area contributed by atoms with E-state index >= 15 is 0 Å². The number of carbonyl (C=O) groups is 2. The first-order valence-electron chi connectivity index (χ1n) is 6.38. The molecular formula is C14H17NO4S. The standard InChI is InChI=1S/C14H17NO4S/c1-19-14(6-2-7-14)9-15-13(18)12-10(5-8-20-12)3-4-11(16)17/h3-5,8H,2,6-7,9H2,1H3,(H,15,18)(H,16,17)/b4-3+. The van der Waals surface area contributed by atoms with Crippen molar-refractivity contribution in [2.24, 2.45) is 0 Å². The van der Waals surface area contributed by atoms with Gasteiger partial charge in [0, 0.05) is 19.7 Å². The number of carbonyl (C=O) groups excluding carboxylic acids is 1. The molecule has 1 aliphatic carbocycles. The molecule has 0 bridgehead atoms. The fraction of sp³-hybridized carbons (Fsp3) is 0.429. The number of hydrogen-bond donors (Lipinski definition) is 2. The van der Waals surface area contributed by atoms with Crippen LogP contribution in [0.4, 0.5) is 0 Å². The molecule has 2 rings (SSSR count). The molecule has 5 nitrogen and oxygen atoms in total. The van der Waals surface area contributed by atoms with E-state index in [0.717, 1.165) is 25.3 Å². The summed E-state index contributed by atoms with van der Waals surface area (Å²) < 4.78 is 5.45. The molecule has 20 heavy (non-hydrogen) atoms. The van der Waals surface area contributed by atoms with E-state index in [1.807, 2.05) is 0 Å². The van der Waals surface area contributed by atoms with E-state index in [-0.39, 0.29) is 11.5 Å². The van der Waals surface area contributed by atoms with Gasteiger partial charge in [-0.15, -0.1) is 11.3 Å². The number of aliphatic carboxylic acids is 1. The van der Waals surface area contributed by atoms with Crippen molar-refractivity contribution in [3.8, 4) is 0 Å². The van der Waals surface area contributed by atoms with Gasteiger partial charge in [-0.1, -0.05) is 0 Å². The lowest BCUT2D eigenvalue weighted by Crippen LogP contribution is -2.49. The molecule has 1 aromatic heterocycles. The van der Waals surface area contributed by atoms with Gasteiger partial charge in [0.2, 0.25) is 0 Å². The van der Waals surface area contributed by atoms with Crippen LogP contribution in [-0.4, -0.2) is 36.2 Å². The highest BCUT2D eigenvalue weighted by Gasteiger charge is 2.37. The van der Waals surface area contributed by atoms with Gasteiger partial charge >= 0.3 is 5.97 Å². The van der Waals surface area contributed by atoms with Crippen LogP contribution in [0.15, 0.2) is 17.5 Å². The molecule has 0 aliphatic heterocycles. The SMILES string of the molecule is COC1(CNC(=O)c2sccc2/C=C/C(=O)O)CCC1. The molecule has 0 saturated heterocycles. The maximum Gasteiger partial charge on any atom is 0.328 e. The minimum Gasteiger partial charge on any atom is -0.478 e. The monoisotopic (exact) mass is 295 g/mol. The van der Waals surface area contributed by atoms with Crippen LogP contribution in [-0.2, 0) is 9.53 Å². The smallest absolute Gasteiger partial charge is 0.328 e. The fourth-order valence-electron chi connectivity index (χ4n) is 2.14. The van der Waals surface area contributed by atoms with Gasteiger partial charge in [-0.05, 0) is 42.3 Å². The first-order valence-corrected chi connectivity index (χ1v) is 7.26. The topological polar surface area (TPSA) is 75.6 Å². The van der Waals surface area contributed by atoms with Gasteiger partial charge in [0.15, 0.2) is 0 Å². The molecule has 1 saturated carbocycles. The van der Waals surface area contributed by atoms with Crippen LogP contribution in [0.25, 0.3) is 6.08 Å². The molecule has 1 heterocycles. The van der Waals surface area contributed by atoms with Crippen LogP contribution in [0.1, 0.15) is 34.5 Å². The minimum atomic E-state index is -1.03. The number of nitrogens with one attached hydrogen (secondary N) is 1. The summed E-state index contributed by atoms with van der Waals surface area (Å²) in [5.74, 6) is -1.22. The molecule has 1 aliphatic rings. The number of amides is 1. The maximum absolute atomic E-state index is 12.1. The summed E-state index contributed by atoms with van der Waals surface area (Å²) in [6.07, 6.45) is 5.50. The average Bonchev–Trinajstić information content (AvgIpc) is 2.83. The molecule has 0 aromatic carbocycles. The second kappa shape index (κ2) is 6.19. The Labute approximate surface area is 121 Å². The molecule has 0 atom stereocenters. The van der Waals surface area contributed by atoms with Gasteiger partial charge < -0.3 is 15.2 Å². The van der Waals surface area contributed by atoms with E-state index < -0.39 is 5.97 Å². The molecule has 0 unspecified atom stereocenters. The fourth-order valence-corrected chi connectivity index (χ4v) is 2.94. The molecule has 6 heteroatoms. The van der Waals surface area contributed by atoms with Crippen LogP contribution >= 0.6 is 11.3 Å². The van der Waals surface area contributed by atoms with E-state index in [4.69, 9.17) is 9.84 Å². The zero-order valence-electron chi connectivity index (χ0n) is 11.2. The Hall–Kier alpha value is -1.66. The van der Waals surface area contributed by atoms with E-state index in [2.05, 4.69) is 5.32 Å². The Bertz CT molecular complexity index is 526. The van der Waals surface area contributed by atoms with Crippen molar-refractivity contribution < 1.29 is 19.4 Å². The molecule has 1 fully saturated rings. The second-order valence-corrected chi connectivity index (χ2v) is 5.72. The zero-order chi connectivity index (χ0) is 14.6. The molecule has 0 radical (unpaired) electrons. The molecule has 1 amide bonds. The molecule has 1 aromatic rings. The number of hydrogen-bond acceptors (Lipinski definition) is 4. The summed E-state index contributed by atoms with van der Waals surface area (Å²) in [5.41, 5.74) is 0.402. The van der Waals surface area contributed by atoms with Crippen LogP contribution < -0.4 is 5.32 Å². The summed E-state index contributed by atoms with van der Waals surface area (Å²) in [4.78, 5) is 23.2. The highest BCUT2D eigenvalue weighted by atomic mass is 32.1. The van der Waals surface area contributed by atoms with Crippen molar-refractivity contribution in [3.05, 3.63) is 28.0 Å². The third-order valence-corrected chi connectivity index (χ3v) is 4.51. The van der Waals surface area contributed by atoms with Crippen LogP contribution in [0.3, 0.4) is 0 Å². The lowest BCUT2D eigenvalue weighted by atomic mass is 9.80. The van der Waals surface area contributed by atoms with E-state index in [1.165, 1.54) is 17.4 Å². The first-order chi connectivity index (χ1) is 9.56. The van der Waals surface area contributed by atoms with Crippen molar-refractivity contribution in [2.45, 2.75) is 24.9 Å². The van der Waals surface area contributed by atoms with Crippen molar-refractivity contribution in [3.63, 3.8) is 0 Å². The van der Waals surface area contributed by atoms with Gasteiger partial charge in [-0.25, -0.2) is 4.79 Å².